The molecule has 1 aromatic heterocycles. The number of amides is 1. The Hall–Kier alpha value is -0.940. The van der Waals surface area contributed by atoms with Crippen LogP contribution in [0.3, 0.4) is 0 Å². The Kier molecular flexibility index (Phi) is 4.71. The van der Waals surface area contributed by atoms with E-state index in [1.54, 1.807) is 11.3 Å². The number of carbonyl (C=O) groups is 1. The van der Waals surface area contributed by atoms with Crippen molar-refractivity contribution in [2.45, 2.75) is 33.4 Å². The number of carbonyl (C=O) groups excluding carboxylic acids is 1. The van der Waals surface area contributed by atoms with Crippen LogP contribution in [0.2, 0.25) is 0 Å². The topological polar surface area (TPSA) is 54.0 Å². The molecular formula is C10H17N3OS. The first-order valence-corrected chi connectivity index (χ1v) is 5.93. The number of hydrogen-bond acceptors (Lipinski definition) is 4. The van der Waals surface area contributed by atoms with Crippen molar-refractivity contribution in [2.24, 2.45) is 0 Å². The molecule has 15 heavy (non-hydrogen) atoms. The van der Waals surface area contributed by atoms with Gasteiger partial charge in [-0.05, 0) is 20.8 Å². The largest absolute Gasteiger partial charge is 0.355 e. The smallest absolute Gasteiger partial charge is 0.236 e. The summed E-state index contributed by atoms with van der Waals surface area (Å²) in [7, 11) is 0. The van der Waals surface area contributed by atoms with Crippen LogP contribution in [0.4, 0.5) is 0 Å². The first-order valence-electron chi connectivity index (χ1n) is 5.05. The zero-order chi connectivity index (χ0) is 11.3. The van der Waals surface area contributed by atoms with E-state index in [9.17, 15) is 4.79 Å². The minimum atomic E-state index is -0.172. The molecule has 1 atom stereocenters. The highest BCUT2D eigenvalue weighted by Gasteiger charge is 2.11. The van der Waals surface area contributed by atoms with Crippen molar-refractivity contribution in [1.29, 1.82) is 0 Å². The molecule has 0 aliphatic heterocycles. The number of nitrogens with zero attached hydrogens (tertiary/aromatic N) is 1. The standard InChI is InChI=1S/C10H17N3OS/c1-4-11-10(14)8(3)12-5-9-13-7(2)6-15-9/h6,8,12H,4-5H2,1-3H3,(H,11,14). The molecule has 0 saturated heterocycles. The lowest BCUT2D eigenvalue weighted by Gasteiger charge is -2.11. The van der Waals surface area contributed by atoms with Gasteiger partial charge >= 0.3 is 0 Å². The fraction of sp³-hybridized carbons (Fsp3) is 0.600. The van der Waals surface area contributed by atoms with Crippen molar-refractivity contribution < 1.29 is 4.79 Å². The maximum absolute atomic E-state index is 11.4. The molecule has 0 spiro atoms. The number of nitrogens with one attached hydrogen (secondary N) is 2. The molecule has 1 amide bonds. The average molecular weight is 227 g/mol. The fourth-order valence-electron chi connectivity index (χ4n) is 1.14. The van der Waals surface area contributed by atoms with E-state index in [1.807, 2.05) is 26.2 Å². The van der Waals surface area contributed by atoms with Crippen LogP contribution >= 0.6 is 11.3 Å². The van der Waals surface area contributed by atoms with Gasteiger partial charge in [-0.2, -0.15) is 0 Å². The third-order valence-electron chi connectivity index (χ3n) is 1.97. The van der Waals surface area contributed by atoms with Crippen molar-refractivity contribution in [3.05, 3.63) is 16.1 Å². The summed E-state index contributed by atoms with van der Waals surface area (Å²) in [5, 5.41) is 8.93. The van der Waals surface area contributed by atoms with Gasteiger partial charge in [-0.25, -0.2) is 4.98 Å². The van der Waals surface area contributed by atoms with E-state index < -0.39 is 0 Å². The van der Waals surface area contributed by atoms with Crippen molar-refractivity contribution in [1.82, 2.24) is 15.6 Å². The van der Waals surface area contributed by atoms with Crippen LogP contribution in [-0.4, -0.2) is 23.5 Å². The summed E-state index contributed by atoms with van der Waals surface area (Å²) < 4.78 is 0. The number of thiazole rings is 1. The number of likely N-dealkylation sites (N-methyl/N-ethyl adjacent to an activating group) is 1. The van der Waals surface area contributed by atoms with Crippen LogP contribution in [0.25, 0.3) is 0 Å². The molecular weight excluding hydrogens is 210 g/mol. The molecule has 1 rings (SSSR count). The molecule has 0 bridgehead atoms. The number of hydrogen-bond donors (Lipinski definition) is 2. The molecule has 2 N–H and O–H groups in total. The molecule has 0 fully saturated rings. The van der Waals surface area contributed by atoms with Crippen molar-refractivity contribution in [2.75, 3.05) is 6.54 Å². The van der Waals surface area contributed by atoms with E-state index in [4.69, 9.17) is 0 Å². The van der Waals surface area contributed by atoms with Gasteiger partial charge in [0.05, 0.1) is 6.04 Å². The van der Waals surface area contributed by atoms with Gasteiger partial charge in [0.1, 0.15) is 5.01 Å². The normalized spacial score (nSPS) is 12.5. The minimum absolute atomic E-state index is 0.0331. The maximum atomic E-state index is 11.4. The van der Waals surface area contributed by atoms with Gasteiger partial charge < -0.3 is 5.32 Å². The van der Waals surface area contributed by atoms with Crippen molar-refractivity contribution in [3.8, 4) is 0 Å². The molecule has 0 aliphatic carbocycles. The van der Waals surface area contributed by atoms with E-state index in [0.717, 1.165) is 10.7 Å². The quantitative estimate of drug-likeness (QED) is 0.791. The van der Waals surface area contributed by atoms with Crippen LogP contribution in [0.1, 0.15) is 24.5 Å². The average Bonchev–Trinajstić information content (AvgIpc) is 2.61. The van der Waals surface area contributed by atoms with Gasteiger partial charge in [-0.1, -0.05) is 0 Å². The summed E-state index contributed by atoms with van der Waals surface area (Å²) >= 11 is 1.61. The maximum Gasteiger partial charge on any atom is 0.236 e. The van der Waals surface area contributed by atoms with Gasteiger partial charge in [0.2, 0.25) is 5.91 Å². The highest BCUT2D eigenvalue weighted by atomic mass is 32.1. The lowest BCUT2D eigenvalue weighted by Crippen LogP contribution is -2.41. The summed E-state index contributed by atoms with van der Waals surface area (Å²) in [4.78, 5) is 15.7. The Labute approximate surface area is 94.1 Å². The highest BCUT2D eigenvalue weighted by molar-refractivity contribution is 7.09. The third kappa shape index (κ3) is 3.97. The fourth-order valence-corrected chi connectivity index (χ4v) is 1.87. The summed E-state index contributed by atoms with van der Waals surface area (Å²) in [5.74, 6) is 0.0331. The zero-order valence-electron chi connectivity index (χ0n) is 9.33. The lowest BCUT2D eigenvalue weighted by molar-refractivity contribution is -0.122. The second-order valence-electron chi connectivity index (χ2n) is 3.38. The monoisotopic (exact) mass is 227 g/mol. The van der Waals surface area contributed by atoms with Crippen molar-refractivity contribution in [3.63, 3.8) is 0 Å². The van der Waals surface area contributed by atoms with E-state index in [2.05, 4.69) is 15.6 Å². The summed E-state index contributed by atoms with van der Waals surface area (Å²) in [5.41, 5.74) is 1.03. The second kappa shape index (κ2) is 5.82. The Morgan fingerprint density at radius 2 is 2.40 bits per heavy atom. The van der Waals surface area contributed by atoms with Crippen LogP contribution in [0.5, 0.6) is 0 Å². The summed E-state index contributed by atoms with van der Waals surface area (Å²) in [6, 6.07) is -0.172. The summed E-state index contributed by atoms with van der Waals surface area (Å²) in [6.07, 6.45) is 0. The van der Waals surface area contributed by atoms with Gasteiger partial charge in [0.15, 0.2) is 0 Å². The molecule has 1 heterocycles. The zero-order valence-corrected chi connectivity index (χ0v) is 10.1. The predicted molar refractivity (Wildman–Crippen MR) is 61.8 cm³/mol. The van der Waals surface area contributed by atoms with Crippen LogP contribution in [0, 0.1) is 6.92 Å². The molecule has 4 nitrogen and oxygen atoms in total. The summed E-state index contributed by atoms with van der Waals surface area (Å²) in [6.45, 7) is 7.05. The molecule has 84 valence electrons. The van der Waals surface area contributed by atoms with Gasteiger partial charge in [-0.3, -0.25) is 10.1 Å². The highest BCUT2D eigenvalue weighted by Crippen LogP contribution is 2.07. The van der Waals surface area contributed by atoms with Gasteiger partial charge in [-0.15, -0.1) is 11.3 Å². The van der Waals surface area contributed by atoms with E-state index in [0.29, 0.717) is 13.1 Å². The third-order valence-corrected chi connectivity index (χ3v) is 2.94. The lowest BCUT2D eigenvalue weighted by atomic mass is 10.3. The molecule has 1 aromatic rings. The van der Waals surface area contributed by atoms with Gasteiger partial charge in [0.25, 0.3) is 0 Å². The molecule has 0 aromatic carbocycles. The molecule has 0 saturated carbocycles. The van der Waals surface area contributed by atoms with Gasteiger partial charge in [0, 0.05) is 24.2 Å². The molecule has 0 aliphatic rings. The SMILES string of the molecule is CCNC(=O)C(C)NCc1nc(C)cs1. The first kappa shape index (κ1) is 12.1. The molecule has 0 radical (unpaired) electrons. The van der Waals surface area contributed by atoms with Crippen molar-refractivity contribution >= 4 is 17.2 Å². The first-order chi connectivity index (χ1) is 7.13. The van der Waals surface area contributed by atoms with Crippen LogP contribution in [0.15, 0.2) is 5.38 Å². The number of rotatable bonds is 5. The number of aromatic nitrogens is 1. The Bertz CT molecular complexity index is 324. The molecule has 1 unspecified atom stereocenters. The number of aryl methyl sites for hydroxylation is 1. The van der Waals surface area contributed by atoms with E-state index in [1.165, 1.54) is 0 Å². The second-order valence-corrected chi connectivity index (χ2v) is 4.32. The van der Waals surface area contributed by atoms with Crippen LogP contribution in [-0.2, 0) is 11.3 Å². The molecule has 5 heteroatoms. The van der Waals surface area contributed by atoms with E-state index in [-0.39, 0.29) is 11.9 Å². The van der Waals surface area contributed by atoms with E-state index >= 15 is 0 Å². The Morgan fingerprint density at radius 3 is 2.93 bits per heavy atom. The minimum Gasteiger partial charge on any atom is -0.355 e. The predicted octanol–water partition coefficient (Wildman–Crippen LogP) is 1.07. The van der Waals surface area contributed by atoms with Crippen LogP contribution < -0.4 is 10.6 Å². The Morgan fingerprint density at radius 1 is 1.67 bits per heavy atom. The Balaban J connectivity index is 2.33.